The standard InChI is InChI=1S/C17H28N4O/c1-3-5-6-9-18-15-7-8-16(19-14-15)17(22)21-12-10-20(4-2)11-13-21/h7-8,14,18H,3-6,9-13H2,1-2H3. The fourth-order valence-corrected chi connectivity index (χ4v) is 2.66. The summed E-state index contributed by atoms with van der Waals surface area (Å²) in [6, 6.07) is 3.78. The molecule has 0 bridgehead atoms. The summed E-state index contributed by atoms with van der Waals surface area (Å²) in [6.07, 6.45) is 5.39. The number of hydrogen-bond donors (Lipinski definition) is 1. The molecule has 0 unspecified atom stereocenters. The minimum Gasteiger partial charge on any atom is -0.384 e. The van der Waals surface area contributed by atoms with Gasteiger partial charge in [0.05, 0.1) is 11.9 Å². The van der Waals surface area contributed by atoms with E-state index in [1.54, 1.807) is 6.20 Å². The van der Waals surface area contributed by atoms with E-state index in [1.807, 2.05) is 17.0 Å². The Morgan fingerprint density at radius 2 is 1.95 bits per heavy atom. The van der Waals surface area contributed by atoms with Crippen LogP contribution in [0.4, 0.5) is 5.69 Å². The predicted octanol–water partition coefficient (Wildman–Crippen LogP) is 2.46. The van der Waals surface area contributed by atoms with Crippen LogP contribution in [-0.2, 0) is 0 Å². The second kappa shape index (κ2) is 8.73. The number of carbonyl (C=O) groups excluding carboxylic acids is 1. The van der Waals surface area contributed by atoms with Crippen LogP contribution in [0.2, 0.25) is 0 Å². The Morgan fingerprint density at radius 3 is 2.55 bits per heavy atom. The van der Waals surface area contributed by atoms with Crippen LogP contribution in [0.3, 0.4) is 0 Å². The normalized spacial score (nSPS) is 15.8. The Kier molecular flexibility index (Phi) is 6.65. The molecule has 5 nitrogen and oxygen atoms in total. The van der Waals surface area contributed by atoms with Gasteiger partial charge in [0.25, 0.3) is 5.91 Å². The van der Waals surface area contributed by atoms with Crippen LogP contribution in [0.1, 0.15) is 43.6 Å². The molecule has 1 amide bonds. The molecule has 1 saturated heterocycles. The summed E-state index contributed by atoms with van der Waals surface area (Å²) in [5.74, 6) is 0.0493. The van der Waals surface area contributed by atoms with Gasteiger partial charge in [0.2, 0.25) is 0 Å². The second-order valence-corrected chi connectivity index (χ2v) is 5.79. The van der Waals surface area contributed by atoms with E-state index in [2.05, 4.69) is 29.0 Å². The predicted molar refractivity (Wildman–Crippen MR) is 90.3 cm³/mol. The highest BCUT2D eigenvalue weighted by atomic mass is 16.2. The van der Waals surface area contributed by atoms with Crippen LogP contribution in [0.25, 0.3) is 0 Å². The molecule has 0 atom stereocenters. The number of unbranched alkanes of at least 4 members (excludes halogenated alkanes) is 2. The first-order chi connectivity index (χ1) is 10.7. The summed E-state index contributed by atoms with van der Waals surface area (Å²) in [7, 11) is 0. The van der Waals surface area contributed by atoms with Gasteiger partial charge >= 0.3 is 0 Å². The Balaban J connectivity index is 1.83. The molecule has 0 aliphatic carbocycles. The molecule has 0 aromatic carbocycles. The lowest BCUT2D eigenvalue weighted by Gasteiger charge is -2.33. The fourth-order valence-electron chi connectivity index (χ4n) is 2.66. The van der Waals surface area contributed by atoms with Crippen molar-refractivity contribution in [3.63, 3.8) is 0 Å². The molecule has 1 fully saturated rings. The van der Waals surface area contributed by atoms with Gasteiger partial charge in [-0.15, -0.1) is 0 Å². The first-order valence-corrected chi connectivity index (χ1v) is 8.46. The van der Waals surface area contributed by atoms with Gasteiger partial charge < -0.3 is 15.1 Å². The summed E-state index contributed by atoms with van der Waals surface area (Å²) in [4.78, 5) is 21.0. The number of pyridine rings is 1. The smallest absolute Gasteiger partial charge is 0.272 e. The molecule has 1 aliphatic rings. The maximum Gasteiger partial charge on any atom is 0.272 e. The third kappa shape index (κ3) is 4.70. The van der Waals surface area contributed by atoms with Crippen LogP contribution in [-0.4, -0.2) is 60.0 Å². The van der Waals surface area contributed by atoms with E-state index in [4.69, 9.17) is 0 Å². The van der Waals surface area contributed by atoms with Crippen LogP contribution < -0.4 is 5.32 Å². The number of rotatable bonds is 7. The van der Waals surface area contributed by atoms with Crippen molar-refractivity contribution in [3.8, 4) is 0 Å². The van der Waals surface area contributed by atoms with Crippen molar-refractivity contribution in [2.45, 2.75) is 33.1 Å². The van der Waals surface area contributed by atoms with Crippen molar-refractivity contribution in [1.82, 2.24) is 14.8 Å². The Morgan fingerprint density at radius 1 is 1.18 bits per heavy atom. The lowest BCUT2D eigenvalue weighted by Crippen LogP contribution is -2.48. The number of anilines is 1. The highest BCUT2D eigenvalue weighted by Crippen LogP contribution is 2.10. The van der Waals surface area contributed by atoms with Crippen molar-refractivity contribution in [2.75, 3.05) is 44.6 Å². The van der Waals surface area contributed by atoms with Gasteiger partial charge in [-0.25, -0.2) is 4.98 Å². The van der Waals surface area contributed by atoms with Crippen molar-refractivity contribution in [3.05, 3.63) is 24.0 Å². The zero-order chi connectivity index (χ0) is 15.8. The maximum atomic E-state index is 12.4. The van der Waals surface area contributed by atoms with Gasteiger partial charge in [-0.1, -0.05) is 26.7 Å². The van der Waals surface area contributed by atoms with Gasteiger partial charge in [0, 0.05) is 32.7 Å². The number of nitrogens with zero attached hydrogens (tertiary/aromatic N) is 3. The van der Waals surface area contributed by atoms with Crippen molar-refractivity contribution in [2.24, 2.45) is 0 Å². The zero-order valence-corrected chi connectivity index (χ0v) is 13.8. The van der Waals surface area contributed by atoms with Crippen LogP contribution >= 0.6 is 0 Å². The molecule has 1 aliphatic heterocycles. The van der Waals surface area contributed by atoms with E-state index in [0.29, 0.717) is 5.69 Å². The van der Waals surface area contributed by atoms with Gasteiger partial charge in [0.15, 0.2) is 0 Å². The van der Waals surface area contributed by atoms with E-state index >= 15 is 0 Å². The molecular weight excluding hydrogens is 276 g/mol. The average Bonchev–Trinajstić information content (AvgIpc) is 2.59. The van der Waals surface area contributed by atoms with E-state index in [9.17, 15) is 4.79 Å². The van der Waals surface area contributed by atoms with Gasteiger partial charge in [-0.2, -0.15) is 0 Å². The zero-order valence-electron chi connectivity index (χ0n) is 13.8. The van der Waals surface area contributed by atoms with Gasteiger partial charge in [0.1, 0.15) is 5.69 Å². The third-order valence-corrected chi connectivity index (χ3v) is 4.20. The highest BCUT2D eigenvalue weighted by Gasteiger charge is 2.21. The number of piperazine rings is 1. The third-order valence-electron chi connectivity index (χ3n) is 4.20. The first kappa shape index (κ1) is 16.7. The summed E-state index contributed by atoms with van der Waals surface area (Å²) >= 11 is 0. The van der Waals surface area contributed by atoms with Crippen LogP contribution in [0.15, 0.2) is 18.3 Å². The lowest BCUT2D eigenvalue weighted by atomic mass is 10.2. The average molecular weight is 304 g/mol. The summed E-state index contributed by atoms with van der Waals surface area (Å²) in [6.45, 7) is 9.88. The van der Waals surface area contributed by atoms with E-state index in [0.717, 1.165) is 45.0 Å². The van der Waals surface area contributed by atoms with E-state index in [1.165, 1.54) is 19.3 Å². The minimum atomic E-state index is 0.0493. The molecule has 0 radical (unpaired) electrons. The van der Waals surface area contributed by atoms with Crippen molar-refractivity contribution >= 4 is 11.6 Å². The second-order valence-electron chi connectivity index (χ2n) is 5.79. The van der Waals surface area contributed by atoms with Crippen molar-refractivity contribution in [1.29, 1.82) is 0 Å². The Labute approximate surface area is 133 Å². The molecule has 1 aromatic rings. The number of aromatic nitrogens is 1. The highest BCUT2D eigenvalue weighted by molar-refractivity contribution is 5.92. The summed E-state index contributed by atoms with van der Waals surface area (Å²) in [5, 5.41) is 3.34. The van der Waals surface area contributed by atoms with Gasteiger partial charge in [-0.3, -0.25) is 4.79 Å². The number of nitrogens with one attached hydrogen (secondary N) is 1. The molecular formula is C17H28N4O. The molecule has 5 heteroatoms. The Hall–Kier alpha value is -1.62. The number of amides is 1. The van der Waals surface area contributed by atoms with E-state index in [-0.39, 0.29) is 5.91 Å². The van der Waals surface area contributed by atoms with E-state index < -0.39 is 0 Å². The molecule has 22 heavy (non-hydrogen) atoms. The topological polar surface area (TPSA) is 48.5 Å². The SMILES string of the molecule is CCCCCNc1ccc(C(=O)N2CCN(CC)CC2)nc1. The molecule has 122 valence electrons. The molecule has 2 heterocycles. The first-order valence-electron chi connectivity index (χ1n) is 8.46. The van der Waals surface area contributed by atoms with Crippen LogP contribution in [0, 0.1) is 0 Å². The monoisotopic (exact) mass is 304 g/mol. The molecule has 0 spiro atoms. The maximum absolute atomic E-state index is 12.4. The summed E-state index contributed by atoms with van der Waals surface area (Å²) < 4.78 is 0. The molecule has 1 aromatic heterocycles. The number of hydrogen-bond acceptors (Lipinski definition) is 4. The lowest BCUT2D eigenvalue weighted by molar-refractivity contribution is 0.0637. The van der Waals surface area contributed by atoms with Gasteiger partial charge in [-0.05, 0) is 25.1 Å². The number of carbonyl (C=O) groups is 1. The quantitative estimate of drug-likeness (QED) is 0.786. The Bertz CT molecular complexity index is 452. The molecule has 0 saturated carbocycles. The number of likely N-dealkylation sites (N-methyl/N-ethyl adjacent to an activating group) is 1. The minimum absolute atomic E-state index is 0.0493. The molecule has 2 rings (SSSR count). The largest absolute Gasteiger partial charge is 0.384 e. The van der Waals surface area contributed by atoms with Crippen LogP contribution in [0.5, 0.6) is 0 Å². The molecule has 1 N–H and O–H groups in total. The summed E-state index contributed by atoms with van der Waals surface area (Å²) in [5.41, 5.74) is 1.53. The fraction of sp³-hybridized carbons (Fsp3) is 0.647. The van der Waals surface area contributed by atoms with Crippen molar-refractivity contribution < 1.29 is 4.79 Å².